The number of aromatic nitrogens is 2. The van der Waals surface area contributed by atoms with E-state index in [1.807, 2.05) is 36.2 Å². The molecule has 3 rings (SSSR count). The van der Waals surface area contributed by atoms with Crippen LogP contribution in [0.2, 0.25) is 0 Å². The number of hydrogen-bond donors (Lipinski definition) is 0. The van der Waals surface area contributed by atoms with Gasteiger partial charge in [0.05, 0.1) is 16.9 Å². The minimum absolute atomic E-state index is 0.00424. The third-order valence-corrected chi connectivity index (χ3v) is 6.52. The zero-order valence-electron chi connectivity index (χ0n) is 18.9. The monoisotopic (exact) mass is 412 g/mol. The highest BCUT2D eigenvalue weighted by atomic mass is 16.2. The molecule has 1 aromatic heterocycles. The molecule has 6 nitrogen and oxygen atoms in total. The molecular formula is C24H36N4O2. The highest BCUT2D eigenvalue weighted by Crippen LogP contribution is 2.25. The van der Waals surface area contributed by atoms with E-state index in [0.29, 0.717) is 11.3 Å². The summed E-state index contributed by atoms with van der Waals surface area (Å²) in [6, 6.07) is 7.62. The van der Waals surface area contributed by atoms with Crippen molar-refractivity contribution in [3.05, 3.63) is 40.4 Å². The van der Waals surface area contributed by atoms with E-state index in [9.17, 15) is 9.59 Å². The van der Waals surface area contributed by atoms with E-state index >= 15 is 0 Å². The number of nitrogens with zero attached hydrogens (tertiary/aromatic N) is 4. The van der Waals surface area contributed by atoms with Crippen LogP contribution in [0.1, 0.15) is 64.7 Å². The summed E-state index contributed by atoms with van der Waals surface area (Å²) in [5.74, 6) is 1.28. The number of amides is 1. The highest BCUT2D eigenvalue weighted by Gasteiger charge is 2.30. The molecule has 1 aliphatic rings. The summed E-state index contributed by atoms with van der Waals surface area (Å²) in [5, 5.41) is 0.659. The Bertz CT molecular complexity index is 915. The molecule has 2 atom stereocenters. The molecule has 6 heteroatoms. The van der Waals surface area contributed by atoms with Crippen LogP contribution in [0.15, 0.2) is 29.1 Å². The van der Waals surface area contributed by atoms with Gasteiger partial charge < -0.3 is 4.90 Å². The van der Waals surface area contributed by atoms with Crippen molar-refractivity contribution < 1.29 is 4.79 Å². The van der Waals surface area contributed by atoms with Crippen LogP contribution in [0, 0.1) is 5.92 Å². The Balaban J connectivity index is 1.74. The summed E-state index contributed by atoms with van der Waals surface area (Å²) in [5.41, 5.74) is 0.758. The topological polar surface area (TPSA) is 58.4 Å². The SMILES string of the molecule is CCCCC(CC)C(=O)N1CCN(C(CC)c2nc3ccccc3c(=O)n2C)CC1. The van der Waals surface area contributed by atoms with Gasteiger partial charge in [-0.15, -0.1) is 0 Å². The second-order valence-electron chi connectivity index (χ2n) is 8.38. The lowest BCUT2D eigenvalue weighted by molar-refractivity contribution is -0.138. The van der Waals surface area contributed by atoms with Gasteiger partial charge in [0.2, 0.25) is 5.91 Å². The summed E-state index contributed by atoms with van der Waals surface area (Å²) >= 11 is 0. The Labute approximate surface area is 179 Å². The first-order valence-corrected chi connectivity index (χ1v) is 11.5. The first-order chi connectivity index (χ1) is 14.5. The minimum Gasteiger partial charge on any atom is -0.340 e. The molecule has 30 heavy (non-hydrogen) atoms. The maximum absolute atomic E-state index is 12.9. The van der Waals surface area contributed by atoms with Crippen LogP contribution in [-0.2, 0) is 11.8 Å². The van der Waals surface area contributed by atoms with Crippen molar-refractivity contribution in [3.63, 3.8) is 0 Å². The van der Waals surface area contributed by atoms with Gasteiger partial charge >= 0.3 is 0 Å². The number of carbonyl (C=O) groups excluding carboxylic acids is 1. The van der Waals surface area contributed by atoms with Gasteiger partial charge in [-0.1, -0.05) is 45.7 Å². The van der Waals surface area contributed by atoms with Gasteiger partial charge in [0.25, 0.3) is 5.56 Å². The molecule has 0 N–H and O–H groups in total. The van der Waals surface area contributed by atoms with Gasteiger partial charge in [-0.05, 0) is 31.4 Å². The number of rotatable bonds is 8. The van der Waals surface area contributed by atoms with Crippen molar-refractivity contribution in [1.82, 2.24) is 19.4 Å². The fourth-order valence-corrected chi connectivity index (χ4v) is 4.60. The highest BCUT2D eigenvalue weighted by molar-refractivity contribution is 5.79. The molecule has 1 amide bonds. The predicted molar refractivity (Wildman–Crippen MR) is 121 cm³/mol. The summed E-state index contributed by atoms with van der Waals surface area (Å²) in [6.07, 6.45) is 5.03. The molecule has 0 bridgehead atoms. The zero-order chi connectivity index (χ0) is 21.7. The van der Waals surface area contributed by atoms with Gasteiger partial charge in [-0.2, -0.15) is 0 Å². The van der Waals surface area contributed by atoms with Gasteiger partial charge in [-0.3, -0.25) is 19.1 Å². The Hall–Kier alpha value is -2.21. The van der Waals surface area contributed by atoms with Gasteiger partial charge in [-0.25, -0.2) is 4.98 Å². The fraction of sp³-hybridized carbons (Fsp3) is 0.625. The number of fused-ring (bicyclic) bond motifs is 1. The summed E-state index contributed by atoms with van der Waals surface area (Å²) in [4.78, 5) is 35.1. The Morgan fingerprint density at radius 3 is 2.40 bits per heavy atom. The molecule has 2 heterocycles. The lowest BCUT2D eigenvalue weighted by atomic mass is 9.97. The number of benzene rings is 1. The van der Waals surface area contributed by atoms with Crippen LogP contribution in [-0.4, -0.2) is 51.4 Å². The average Bonchev–Trinajstić information content (AvgIpc) is 2.78. The number of para-hydroxylation sites is 1. The van der Waals surface area contributed by atoms with Gasteiger partial charge in [0, 0.05) is 39.1 Å². The smallest absolute Gasteiger partial charge is 0.261 e. The third-order valence-electron chi connectivity index (χ3n) is 6.52. The predicted octanol–water partition coefficient (Wildman–Crippen LogP) is 3.75. The molecule has 0 radical (unpaired) electrons. The van der Waals surface area contributed by atoms with E-state index in [1.165, 1.54) is 0 Å². The second kappa shape index (κ2) is 10.2. The minimum atomic E-state index is 0.00424. The zero-order valence-corrected chi connectivity index (χ0v) is 18.9. The first-order valence-electron chi connectivity index (χ1n) is 11.5. The maximum atomic E-state index is 12.9. The van der Waals surface area contributed by atoms with Crippen LogP contribution in [0.25, 0.3) is 10.9 Å². The van der Waals surface area contributed by atoms with Crippen molar-refractivity contribution in [1.29, 1.82) is 0 Å². The van der Waals surface area contributed by atoms with Gasteiger partial charge in [0.1, 0.15) is 5.82 Å². The van der Waals surface area contributed by atoms with Crippen LogP contribution in [0.3, 0.4) is 0 Å². The van der Waals surface area contributed by atoms with Crippen molar-refractivity contribution >= 4 is 16.8 Å². The summed E-state index contributed by atoms with van der Waals surface area (Å²) in [6.45, 7) is 9.57. The third kappa shape index (κ3) is 4.59. The second-order valence-corrected chi connectivity index (χ2v) is 8.38. The van der Waals surface area contributed by atoms with Crippen LogP contribution in [0.4, 0.5) is 0 Å². The Morgan fingerprint density at radius 1 is 1.07 bits per heavy atom. The number of piperazine rings is 1. The molecule has 0 aliphatic carbocycles. The lowest BCUT2D eigenvalue weighted by Gasteiger charge is -2.40. The molecule has 0 spiro atoms. The molecule has 2 unspecified atom stereocenters. The van der Waals surface area contributed by atoms with E-state index in [2.05, 4.69) is 25.7 Å². The van der Waals surface area contributed by atoms with Gasteiger partial charge in [0.15, 0.2) is 0 Å². The molecule has 1 aliphatic heterocycles. The fourth-order valence-electron chi connectivity index (χ4n) is 4.60. The van der Waals surface area contributed by atoms with Crippen LogP contribution >= 0.6 is 0 Å². The largest absolute Gasteiger partial charge is 0.340 e. The Morgan fingerprint density at radius 2 is 1.77 bits per heavy atom. The van der Waals surface area contributed by atoms with Crippen LogP contribution in [0.5, 0.6) is 0 Å². The van der Waals surface area contributed by atoms with E-state index in [4.69, 9.17) is 4.98 Å². The summed E-state index contributed by atoms with van der Waals surface area (Å²) in [7, 11) is 1.82. The number of hydrogen-bond acceptors (Lipinski definition) is 4. The first kappa shape index (κ1) is 22.5. The molecule has 1 aromatic carbocycles. The van der Waals surface area contributed by atoms with Crippen molar-refractivity contribution in [2.45, 2.75) is 58.9 Å². The van der Waals surface area contributed by atoms with Crippen molar-refractivity contribution in [3.8, 4) is 0 Å². The van der Waals surface area contributed by atoms with E-state index in [1.54, 1.807) is 4.57 Å². The van der Waals surface area contributed by atoms with Crippen LogP contribution < -0.4 is 5.56 Å². The maximum Gasteiger partial charge on any atom is 0.261 e. The quantitative estimate of drug-likeness (QED) is 0.663. The molecule has 0 saturated carbocycles. The number of unbranched alkanes of at least 4 members (excludes halogenated alkanes) is 1. The normalized spacial score (nSPS) is 17.3. The Kier molecular flexibility index (Phi) is 7.64. The standard InChI is InChI=1S/C24H36N4O2/c1-5-8-11-18(6-2)23(29)28-16-14-27(15-17-28)21(7-3)22-25-20-13-10-9-12-19(20)24(30)26(22)4/h9-10,12-13,18,21H,5-8,11,14-17H2,1-4H3. The van der Waals surface area contributed by atoms with E-state index in [-0.39, 0.29) is 17.5 Å². The van der Waals surface area contributed by atoms with E-state index < -0.39 is 0 Å². The van der Waals surface area contributed by atoms with E-state index in [0.717, 1.165) is 69.6 Å². The number of carbonyl (C=O) groups is 1. The molecule has 164 valence electrons. The van der Waals surface area contributed by atoms with Crippen molar-refractivity contribution in [2.24, 2.45) is 13.0 Å². The average molecular weight is 413 g/mol. The molecule has 1 saturated heterocycles. The molecule has 1 fully saturated rings. The lowest BCUT2D eigenvalue weighted by Crippen LogP contribution is -2.51. The molecular weight excluding hydrogens is 376 g/mol. The summed E-state index contributed by atoms with van der Waals surface area (Å²) < 4.78 is 1.70. The molecule has 2 aromatic rings. The van der Waals surface area contributed by atoms with Crippen molar-refractivity contribution in [2.75, 3.05) is 26.2 Å².